The van der Waals surface area contributed by atoms with Gasteiger partial charge in [-0.2, -0.15) is 0 Å². The molecule has 0 radical (unpaired) electrons. The van der Waals surface area contributed by atoms with E-state index >= 15 is 0 Å². The second-order valence-electron chi connectivity index (χ2n) is 11.7. The van der Waals surface area contributed by atoms with Crippen LogP contribution in [0, 0.1) is 0 Å². The number of likely N-dealkylation sites (N-methyl/N-ethyl adjacent to an activating group) is 2. The van der Waals surface area contributed by atoms with Gasteiger partial charge in [0.05, 0.1) is 66.1 Å². The van der Waals surface area contributed by atoms with E-state index in [4.69, 9.17) is 33.2 Å². The average Bonchev–Trinajstić information content (AvgIpc) is 3.33. The standard InChI is InChI=1S/C34H50N2O9/c1-34(2,3)45-33(38)36(5)15-17-40-19-21-42-23-25-43-24-22-41-20-18-39-16-14-35(4)32(37)44-26-31-29-12-8-6-10-27(29)28-11-7-9-13-30(28)31/h6-13,31H,14-26H2,1-5H3. The summed E-state index contributed by atoms with van der Waals surface area (Å²) in [7, 11) is 3.39. The first kappa shape index (κ1) is 36.3. The lowest BCUT2D eigenvalue weighted by atomic mass is 9.98. The summed E-state index contributed by atoms with van der Waals surface area (Å²) in [5.41, 5.74) is 4.28. The fourth-order valence-corrected chi connectivity index (χ4v) is 4.61. The Morgan fingerprint density at radius 2 is 0.978 bits per heavy atom. The van der Waals surface area contributed by atoms with Gasteiger partial charge in [-0.05, 0) is 43.0 Å². The molecule has 0 spiro atoms. The Labute approximate surface area is 267 Å². The van der Waals surface area contributed by atoms with Gasteiger partial charge in [0.2, 0.25) is 0 Å². The van der Waals surface area contributed by atoms with Crippen molar-refractivity contribution in [2.45, 2.75) is 32.3 Å². The maximum atomic E-state index is 12.6. The Morgan fingerprint density at radius 3 is 1.40 bits per heavy atom. The SMILES string of the molecule is CN(CCOCCOCCOCCOCCOCCN(C)C(=O)OC(C)(C)C)C(=O)OCC1c2ccccc2-c2ccccc21. The molecule has 3 rings (SSSR count). The van der Waals surface area contributed by atoms with Gasteiger partial charge in [0.1, 0.15) is 12.2 Å². The smallest absolute Gasteiger partial charge is 0.410 e. The van der Waals surface area contributed by atoms with E-state index in [9.17, 15) is 9.59 Å². The Bertz CT molecular complexity index is 1120. The molecule has 2 aromatic carbocycles. The van der Waals surface area contributed by atoms with Crippen LogP contribution in [0.4, 0.5) is 9.59 Å². The zero-order chi connectivity index (χ0) is 32.5. The van der Waals surface area contributed by atoms with Crippen molar-refractivity contribution in [1.29, 1.82) is 0 Å². The highest BCUT2D eigenvalue weighted by atomic mass is 16.6. The van der Waals surface area contributed by atoms with Crippen LogP contribution in [0.25, 0.3) is 11.1 Å². The highest BCUT2D eigenvalue weighted by Crippen LogP contribution is 2.44. The Balaban J connectivity index is 1.10. The second-order valence-corrected chi connectivity index (χ2v) is 11.7. The van der Waals surface area contributed by atoms with E-state index in [1.807, 2.05) is 45.0 Å². The van der Waals surface area contributed by atoms with Crippen LogP contribution in [0.2, 0.25) is 0 Å². The third-order valence-corrected chi connectivity index (χ3v) is 6.98. The molecule has 0 aromatic heterocycles. The van der Waals surface area contributed by atoms with Crippen molar-refractivity contribution in [1.82, 2.24) is 9.80 Å². The normalized spacial score (nSPS) is 12.5. The van der Waals surface area contributed by atoms with Crippen LogP contribution >= 0.6 is 0 Å². The Hall–Kier alpha value is -3.22. The average molecular weight is 631 g/mol. The van der Waals surface area contributed by atoms with E-state index in [-0.39, 0.29) is 18.1 Å². The Kier molecular flexibility index (Phi) is 15.6. The van der Waals surface area contributed by atoms with E-state index in [2.05, 4.69) is 24.3 Å². The number of ether oxygens (including phenoxy) is 7. The fourth-order valence-electron chi connectivity index (χ4n) is 4.61. The third kappa shape index (κ3) is 13.0. The second kappa shape index (κ2) is 19.3. The number of hydrogen-bond acceptors (Lipinski definition) is 9. The maximum Gasteiger partial charge on any atom is 0.410 e. The summed E-state index contributed by atoms with van der Waals surface area (Å²) in [6.45, 7) is 11.1. The molecule has 0 bridgehead atoms. The maximum absolute atomic E-state index is 12.6. The number of fused-ring (bicyclic) bond motifs is 3. The minimum Gasteiger partial charge on any atom is -0.448 e. The number of carbonyl (C=O) groups excluding carboxylic acids is 2. The van der Waals surface area contributed by atoms with Crippen molar-refractivity contribution < 1.29 is 42.7 Å². The lowest BCUT2D eigenvalue weighted by Gasteiger charge is -2.24. The van der Waals surface area contributed by atoms with E-state index in [1.165, 1.54) is 32.1 Å². The molecule has 0 aliphatic heterocycles. The summed E-state index contributed by atoms with van der Waals surface area (Å²) >= 11 is 0. The summed E-state index contributed by atoms with van der Waals surface area (Å²) in [6, 6.07) is 16.6. The lowest BCUT2D eigenvalue weighted by Crippen LogP contribution is -2.36. The molecule has 0 fully saturated rings. The van der Waals surface area contributed by atoms with Gasteiger partial charge in [-0.15, -0.1) is 0 Å². The number of amides is 2. The van der Waals surface area contributed by atoms with Gasteiger partial charge >= 0.3 is 12.2 Å². The number of hydrogen-bond donors (Lipinski definition) is 0. The number of benzene rings is 2. The molecule has 11 heteroatoms. The first-order chi connectivity index (χ1) is 21.7. The summed E-state index contributed by atoms with van der Waals surface area (Å²) in [6.07, 6.45) is -0.736. The molecule has 0 N–H and O–H groups in total. The molecular weight excluding hydrogens is 580 g/mol. The van der Waals surface area contributed by atoms with Crippen LogP contribution < -0.4 is 0 Å². The van der Waals surface area contributed by atoms with Crippen LogP contribution in [0.3, 0.4) is 0 Å². The summed E-state index contributed by atoms with van der Waals surface area (Å²) in [4.78, 5) is 27.5. The highest BCUT2D eigenvalue weighted by Gasteiger charge is 2.29. The summed E-state index contributed by atoms with van der Waals surface area (Å²) in [5, 5.41) is 0. The summed E-state index contributed by atoms with van der Waals surface area (Å²) in [5.74, 6) is 0.0385. The van der Waals surface area contributed by atoms with Crippen molar-refractivity contribution >= 4 is 12.2 Å². The Morgan fingerprint density at radius 1 is 0.600 bits per heavy atom. The number of nitrogens with zero attached hydrogens (tertiary/aromatic N) is 2. The zero-order valence-corrected chi connectivity index (χ0v) is 27.5. The van der Waals surface area contributed by atoms with Gasteiger partial charge in [0.15, 0.2) is 0 Å². The molecule has 45 heavy (non-hydrogen) atoms. The predicted molar refractivity (Wildman–Crippen MR) is 171 cm³/mol. The van der Waals surface area contributed by atoms with E-state index in [0.29, 0.717) is 85.8 Å². The molecule has 0 unspecified atom stereocenters. The molecule has 250 valence electrons. The first-order valence-electron chi connectivity index (χ1n) is 15.6. The minimum atomic E-state index is -0.515. The third-order valence-electron chi connectivity index (χ3n) is 6.98. The van der Waals surface area contributed by atoms with E-state index in [1.54, 1.807) is 14.1 Å². The molecule has 2 amide bonds. The van der Waals surface area contributed by atoms with Crippen molar-refractivity contribution in [2.24, 2.45) is 0 Å². The van der Waals surface area contributed by atoms with Crippen molar-refractivity contribution in [2.75, 3.05) is 99.9 Å². The van der Waals surface area contributed by atoms with Crippen molar-refractivity contribution in [3.8, 4) is 11.1 Å². The highest BCUT2D eigenvalue weighted by molar-refractivity contribution is 5.79. The van der Waals surface area contributed by atoms with Crippen molar-refractivity contribution in [3.63, 3.8) is 0 Å². The zero-order valence-electron chi connectivity index (χ0n) is 27.5. The molecule has 1 aliphatic carbocycles. The van der Waals surface area contributed by atoms with Crippen LogP contribution in [0.5, 0.6) is 0 Å². The van der Waals surface area contributed by atoms with Crippen LogP contribution in [0.1, 0.15) is 37.8 Å². The van der Waals surface area contributed by atoms with Crippen molar-refractivity contribution in [3.05, 3.63) is 59.7 Å². The summed E-state index contributed by atoms with van der Waals surface area (Å²) < 4.78 is 38.5. The van der Waals surface area contributed by atoms with Gasteiger partial charge in [0, 0.05) is 33.1 Å². The molecule has 11 nitrogen and oxygen atoms in total. The number of carbonyl (C=O) groups is 2. The van der Waals surface area contributed by atoms with Crippen LogP contribution in [0.15, 0.2) is 48.5 Å². The fraction of sp³-hybridized carbons (Fsp3) is 0.588. The molecule has 0 saturated carbocycles. The van der Waals surface area contributed by atoms with Crippen LogP contribution in [-0.4, -0.2) is 127 Å². The molecule has 2 aromatic rings. The quantitative estimate of drug-likeness (QED) is 0.191. The van der Waals surface area contributed by atoms with Crippen LogP contribution in [-0.2, 0) is 33.2 Å². The molecule has 0 heterocycles. The predicted octanol–water partition coefficient (Wildman–Crippen LogP) is 4.82. The van der Waals surface area contributed by atoms with Gasteiger partial charge in [-0.25, -0.2) is 9.59 Å². The van der Waals surface area contributed by atoms with Gasteiger partial charge < -0.3 is 43.0 Å². The molecule has 1 aliphatic rings. The largest absolute Gasteiger partial charge is 0.448 e. The van der Waals surface area contributed by atoms with Gasteiger partial charge in [0.25, 0.3) is 0 Å². The molecule has 0 atom stereocenters. The minimum absolute atomic E-state index is 0.0385. The topological polar surface area (TPSA) is 105 Å². The van der Waals surface area contributed by atoms with Gasteiger partial charge in [-0.1, -0.05) is 48.5 Å². The van der Waals surface area contributed by atoms with Gasteiger partial charge in [-0.3, -0.25) is 0 Å². The first-order valence-corrected chi connectivity index (χ1v) is 15.6. The molecule has 0 saturated heterocycles. The lowest BCUT2D eigenvalue weighted by molar-refractivity contribution is -0.0137. The van der Waals surface area contributed by atoms with E-state index < -0.39 is 5.60 Å². The number of rotatable bonds is 20. The monoisotopic (exact) mass is 630 g/mol. The molecular formula is C34H50N2O9. The van der Waals surface area contributed by atoms with E-state index in [0.717, 1.165) is 0 Å².